The molecular weight excluding hydrogens is 176 g/mol. The normalized spacial score (nSPS) is 14.6. The molecule has 1 aromatic carbocycles. The third kappa shape index (κ3) is 1.06. The van der Waals surface area contributed by atoms with Gasteiger partial charge in [-0.3, -0.25) is 4.98 Å². The van der Waals surface area contributed by atoms with Crippen LogP contribution in [0.2, 0.25) is 0 Å². The van der Waals surface area contributed by atoms with E-state index in [1.54, 1.807) is 12.1 Å². The van der Waals surface area contributed by atoms with E-state index in [1.807, 2.05) is 6.07 Å². The molecule has 0 bridgehead atoms. The van der Waals surface area contributed by atoms with Crippen molar-refractivity contribution in [3.05, 3.63) is 35.5 Å². The molecule has 0 fully saturated rings. The van der Waals surface area contributed by atoms with Crippen LogP contribution in [0.5, 0.6) is 5.75 Å². The van der Waals surface area contributed by atoms with E-state index in [9.17, 15) is 5.11 Å². The zero-order valence-electron chi connectivity index (χ0n) is 7.62. The number of hydrogen-bond acceptors (Lipinski definition) is 3. The molecule has 0 saturated heterocycles. The van der Waals surface area contributed by atoms with Gasteiger partial charge in [-0.2, -0.15) is 0 Å². The van der Waals surface area contributed by atoms with E-state index in [4.69, 9.17) is 0 Å². The van der Waals surface area contributed by atoms with Crippen LogP contribution < -0.4 is 5.32 Å². The van der Waals surface area contributed by atoms with Crippen LogP contribution in [0, 0.1) is 0 Å². The highest BCUT2D eigenvalue weighted by Gasteiger charge is 2.12. The molecule has 1 aliphatic heterocycles. The van der Waals surface area contributed by atoms with Gasteiger partial charge in [0.15, 0.2) is 0 Å². The first kappa shape index (κ1) is 7.76. The van der Waals surface area contributed by atoms with Crippen molar-refractivity contribution >= 4 is 10.9 Å². The number of fused-ring (bicyclic) bond motifs is 2. The van der Waals surface area contributed by atoms with Gasteiger partial charge >= 0.3 is 0 Å². The summed E-state index contributed by atoms with van der Waals surface area (Å²) in [4.78, 5) is 4.52. The van der Waals surface area contributed by atoms with Gasteiger partial charge in [0.05, 0.1) is 11.2 Å². The molecule has 0 radical (unpaired) electrons. The molecule has 3 nitrogen and oxygen atoms in total. The van der Waals surface area contributed by atoms with E-state index in [2.05, 4.69) is 16.4 Å². The van der Waals surface area contributed by atoms with Gasteiger partial charge in [0.25, 0.3) is 0 Å². The Hall–Kier alpha value is -1.61. The summed E-state index contributed by atoms with van der Waals surface area (Å²) in [5.74, 6) is 0.296. The SMILES string of the molecule is Oc1ccc2nc3c(cc2c1)CNC3. The van der Waals surface area contributed by atoms with Gasteiger partial charge in [-0.15, -0.1) is 0 Å². The minimum atomic E-state index is 0.296. The first-order valence-electron chi connectivity index (χ1n) is 4.65. The third-order valence-electron chi connectivity index (χ3n) is 2.57. The molecular formula is C11H10N2O. The lowest BCUT2D eigenvalue weighted by molar-refractivity contribution is 0.476. The fraction of sp³-hybridized carbons (Fsp3) is 0.182. The van der Waals surface area contributed by atoms with Crippen LogP contribution in [0.15, 0.2) is 24.3 Å². The number of pyridine rings is 1. The molecule has 3 rings (SSSR count). The summed E-state index contributed by atoms with van der Waals surface area (Å²) in [6.45, 7) is 1.74. The van der Waals surface area contributed by atoms with Crippen LogP contribution in [0.25, 0.3) is 10.9 Å². The van der Waals surface area contributed by atoms with Crippen molar-refractivity contribution in [2.24, 2.45) is 0 Å². The Labute approximate surface area is 81.4 Å². The third-order valence-corrected chi connectivity index (χ3v) is 2.57. The summed E-state index contributed by atoms with van der Waals surface area (Å²) < 4.78 is 0. The minimum absolute atomic E-state index is 0.296. The standard InChI is InChI=1S/C11H10N2O/c14-9-1-2-10-7(4-9)3-8-5-12-6-11(8)13-10/h1-4,12,14H,5-6H2. The molecule has 0 atom stereocenters. The van der Waals surface area contributed by atoms with Crippen molar-refractivity contribution in [1.82, 2.24) is 10.3 Å². The molecule has 70 valence electrons. The molecule has 0 unspecified atom stereocenters. The highest BCUT2D eigenvalue weighted by molar-refractivity contribution is 5.81. The average molecular weight is 186 g/mol. The quantitative estimate of drug-likeness (QED) is 0.656. The maximum absolute atomic E-state index is 9.34. The van der Waals surface area contributed by atoms with Gasteiger partial charge in [-0.25, -0.2) is 0 Å². The maximum atomic E-state index is 9.34. The first-order chi connectivity index (χ1) is 6.83. The van der Waals surface area contributed by atoms with Crippen LogP contribution in [0.4, 0.5) is 0 Å². The molecule has 2 N–H and O–H groups in total. The highest BCUT2D eigenvalue weighted by atomic mass is 16.3. The van der Waals surface area contributed by atoms with Crippen LogP contribution in [0.1, 0.15) is 11.3 Å². The molecule has 1 aromatic heterocycles. The number of benzene rings is 1. The topological polar surface area (TPSA) is 45.2 Å². The second-order valence-corrected chi connectivity index (χ2v) is 3.57. The maximum Gasteiger partial charge on any atom is 0.116 e. The van der Waals surface area contributed by atoms with E-state index >= 15 is 0 Å². The second kappa shape index (κ2) is 2.69. The molecule has 0 amide bonds. The Morgan fingerprint density at radius 3 is 3.07 bits per heavy atom. The summed E-state index contributed by atoms with van der Waals surface area (Å²) in [5, 5.41) is 13.6. The lowest BCUT2D eigenvalue weighted by atomic mass is 10.1. The van der Waals surface area contributed by atoms with Gasteiger partial charge in [-0.05, 0) is 29.8 Å². The van der Waals surface area contributed by atoms with Gasteiger partial charge in [0.1, 0.15) is 5.75 Å². The van der Waals surface area contributed by atoms with Crippen LogP contribution >= 0.6 is 0 Å². The predicted molar refractivity (Wildman–Crippen MR) is 54.0 cm³/mol. The Balaban J connectivity index is 2.33. The Morgan fingerprint density at radius 2 is 2.14 bits per heavy atom. The van der Waals surface area contributed by atoms with Gasteiger partial charge in [0, 0.05) is 18.5 Å². The van der Waals surface area contributed by atoms with Crippen molar-refractivity contribution in [3.63, 3.8) is 0 Å². The summed E-state index contributed by atoms with van der Waals surface area (Å²) in [6, 6.07) is 7.37. The Bertz CT molecular complexity index is 508. The lowest BCUT2D eigenvalue weighted by Crippen LogP contribution is -2.00. The second-order valence-electron chi connectivity index (χ2n) is 3.57. The zero-order chi connectivity index (χ0) is 9.54. The monoisotopic (exact) mass is 186 g/mol. The minimum Gasteiger partial charge on any atom is -0.508 e. The number of aromatic hydroxyl groups is 1. The van der Waals surface area contributed by atoms with Crippen LogP contribution in [-0.4, -0.2) is 10.1 Å². The molecule has 1 aliphatic rings. The Morgan fingerprint density at radius 1 is 1.21 bits per heavy atom. The number of nitrogens with zero attached hydrogens (tertiary/aromatic N) is 1. The number of phenolic OH excluding ortho intramolecular Hbond substituents is 1. The van der Waals surface area contributed by atoms with Crippen molar-refractivity contribution in [1.29, 1.82) is 0 Å². The fourth-order valence-electron chi connectivity index (χ4n) is 1.87. The molecule has 3 heteroatoms. The van der Waals surface area contributed by atoms with Gasteiger partial charge < -0.3 is 10.4 Å². The van der Waals surface area contributed by atoms with Crippen molar-refractivity contribution < 1.29 is 5.11 Å². The summed E-state index contributed by atoms with van der Waals surface area (Å²) >= 11 is 0. The van der Waals surface area contributed by atoms with Gasteiger partial charge in [0.2, 0.25) is 0 Å². The highest BCUT2D eigenvalue weighted by Crippen LogP contribution is 2.23. The molecule has 2 aromatic rings. The molecule has 0 saturated carbocycles. The largest absolute Gasteiger partial charge is 0.508 e. The molecule has 0 spiro atoms. The van der Waals surface area contributed by atoms with Crippen molar-refractivity contribution in [2.45, 2.75) is 13.1 Å². The van der Waals surface area contributed by atoms with Crippen molar-refractivity contribution in [2.75, 3.05) is 0 Å². The van der Waals surface area contributed by atoms with E-state index in [0.717, 1.165) is 29.7 Å². The number of phenols is 1. The summed E-state index contributed by atoms with van der Waals surface area (Å²) in [5.41, 5.74) is 3.32. The van der Waals surface area contributed by atoms with E-state index in [1.165, 1.54) is 5.56 Å². The molecule has 14 heavy (non-hydrogen) atoms. The number of rotatable bonds is 0. The summed E-state index contributed by atoms with van der Waals surface area (Å²) in [6.07, 6.45) is 0. The van der Waals surface area contributed by atoms with Crippen LogP contribution in [-0.2, 0) is 13.1 Å². The fourth-order valence-corrected chi connectivity index (χ4v) is 1.87. The van der Waals surface area contributed by atoms with E-state index < -0.39 is 0 Å². The average Bonchev–Trinajstić information content (AvgIpc) is 2.61. The van der Waals surface area contributed by atoms with Gasteiger partial charge in [-0.1, -0.05) is 0 Å². The van der Waals surface area contributed by atoms with E-state index in [0.29, 0.717) is 5.75 Å². The van der Waals surface area contributed by atoms with E-state index in [-0.39, 0.29) is 0 Å². The molecule has 2 heterocycles. The summed E-state index contributed by atoms with van der Waals surface area (Å²) in [7, 11) is 0. The predicted octanol–water partition coefficient (Wildman–Crippen LogP) is 1.54. The molecule has 0 aliphatic carbocycles. The zero-order valence-corrected chi connectivity index (χ0v) is 7.62. The number of aromatic nitrogens is 1. The smallest absolute Gasteiger partial charge is 0.116 e. The van der Waals surface area contributed by atoms with Crippen molar-refractivity contribution in [3.8, 4) is 5.75 Å². The lowest BCUT2D eigenvalue weighted by Gasteiger charge is -2.01. The number of hydrogen-bond donors (Lipinski definition) is 2. The first-order valence-corrected chi connectivity index (χ1v) is 4.65. The Kier molecular flexibility index (Phi) is 1.49. The van der Waals surface area contributed by atoms with Crippen LogP contribution in [0.3, 0.4) is 0 Å². The number of nitrogens with one attached hydrogen (secondary N) is 1.